The molecule has 0 atom stereocenters. The molecule has 1 N–H and O–H groups in total. The number of anilines is 1. The number of benzene rings is 2. The molecule has 2 rings (SSSR count). The van der Waals surface area contributed by atoms with Gasteiger partial charge in [0.15, 0.2) is 0 Å². The van der Waals surface area contributed by atoms with Gasteiger partial charge in [0.1, 0.15) is 11.6 Å². The summed E-state index contributed by atoms with van der Waals surface area (Å²) in [6, 6.07) is 11.9. The number of carbonyl (C=O) groups is 1. The number of sulfonamides is 1. The van der Waals surface area contributed by atoms with E-state index in [-0.39, 0.29) is 24.0 Å². The van der Waals surface area contributed by atoms with Crippen LogP contribution in [0.5, 0.6) is 5.75 Å². The molecular weight excluding hydrogens is 371 g/mol. The van der Waals surface area contributed by atoms with Gasteiger partial charge < -0.3 is 10.1 Å². The molecule has 0 spiro atoms. The number of hydrogen-bond donors (Lipinski definition) is 1. The molecular formula is C19H23FN2O4S. The lowest BCUT2D eigenvalue weighted by Gasteiger charge is -2.20. The highest BCUT2D eigenvalue weighted by Gasteiger charge is 2.19. The Morgan fingerprint density at radius 3 is 2.44 bits per heavy atom. The molecule has 0 aliphatic carbocycles. The Labute approximate surface area is 159 Å². The van der Waals surface area contributed by atoms with Crippen molar-refractivity contribution in [1.82, 2.24) is 5.32 Å². The predicted molar refractivity (Wildman–Crippen MR) is 103 cm³/mol. The lowest BCUT2D eigenvalue weighted by molar-refractivity contribution is 0.0955. The van der Waals surface area contributed by atoms with Gasteiger partial charge in [-0.25, -0.2) is 12.8 Å². The lowest BCUT2D eigenvalue weighted by atomic mass is 10.2. The zero-order chi connectivity index (χ0) is 20.0. The average Bonchev–Trinajstić information content (AvgIpc) is 2.61. The van der Waals surface area contributed by atoms with Crippen molar-refractivity contribution < 1.29 is 22.3 Å². The summed E-state index contributed by atoms with van der Waals surface area (Å²) in [5.74, 6) is -0.682. The summed E-state index contributed by atoms with van der Waals surface area (Å²) >= 11 is 0. The normalized spacial score (nSPS) is 11.3. The first-order valence-corrected chi connectivity index (χ1v) is 10.1. The van der Waals surface area contributed by atoms with Gasteiger partial charge in [-0.15, -0.1) is 0 Å². The quantitative estimate of drug-likeness (QED) is 0.747. The Kier molecular flexibility index (Phi) is 6.79. The number of ether oxygens (including phenoxy) is 1. The summed E-state index contributed by atoms with van der Waals surface area (Å²) in [6.07, 6.45) is 0.0269. The number of rotatable bonds is 8. The molecule has 27 heavy (non-hydrogen) atoms. The standard InChI is InChI=1S/C19H23FN2O4S/c1-14(2)26-18-9-7-17(8-10-18)22(3)27(24,25)12-11-21-19(23)15-5-4-6-16(20)13-15/h4-10,13-14H,11-12H2,1-3H3,(H,21,23). The van der Waals surface area contributed by atoms with Crippen LogP contribution in [0, 0.1) is 5.82 Å². The predicted octanol–water partition coefficient (Wildman–Crippen LogP) is 2.81. The van der Waals surface area contributed by atoms with Crippen LogP contribution in [0.4, 0.5) is 10.1 Å². The van der Waals surface area contributed by atoms with E-state index >= 15 is 0 Å². The highest BCUT2D eigenvalue weighted by Crippen LogP contribution is 2.21. The van der Waals surface area contributed by atoms with Crippen molar-refractivity contribution in [3.8, 4) is 5.75 Å². The molecule has 0 heterocycles. The van der Waals surface area contributed by atoms with E-state index in [1.54, 1.807) is 24.3 Å². The molecule has 0 saturated carbocycles. The van der Waals surface area contributed by atoms with Crippen molar-refractivity contribution in [3.63, 3.8) is 0 Å². The fraction of sp³-hybridized carbons (Fsp3) is 0.316. The van der Waals surface area contributed by atoms with Crippen LogP contribution in [0.25, 0.3) is 0 Å². The third-order valence-corrected chi connectivity index (χ3v) is 5.49. The van der Waals surface area contributed by atoms with Crippen LogP contribution in [0.1, 0.15) is 24.2 Å². The number of hydrogen-bond acceptors (Lipinski definition) is 4. The second-order valence-electron chi connectivity index (χ2n) is 6.21. The molecule has 0 fully saturated rings. The Bertz CT molecular complexity index is 883. The van der Waals surface area contributed by atoms with Crippen LogP contribution in [0.15, 0.2) is 48.5 Å². The average molecular weight is 394 g/mol. The van der Waals surface area contributed by atoms with Crippen molar-refractivity contribution in [3.05, 3.63) is 59.9 Å². The number of nitrogens with zero attached hydrogens (tertiary/aromatic N) is 1. The monoisotopic (exact) mass is 394 g/mol. The Balaban J connectivity index is 1.94. The fourth-order valence-electron chi connectivity index (χ4n) is 2.33. The van der Waals surface area contributed by atoms with E-state index in [0.717, 1.165) is 10.4 Å². The van der Waals surface area contributed by atoms with Gasteiger partial charge in [0.25, 0.3) is 5.91 Å². The van der Waals surface area contributed by atoms with Crippen LogP contribution in [0.3, 0.4) is 0 Å². The van der Waals surface area contributed by atoms with E-state index in [2.05, 4.69) is 5.32 Å². The third-order valence-electron chi connectivity index (χ3n) is 3.72. The van der Waals surface area contributed by atoms with Gasteiger partial charge in [0.2, 0.25) is 10.0 Å². The molecule has 146 valence electrons. The maximum absolute atomic E-state index is 13.1. The molecule has 0 bridgehead atoms. The zero-order valence-corrected chi connectivity index (χ0v) is 16.3. The molecule has 8 heteroatoms. The molecule has 0 aliphatic rings. The minimum absolute atomic E-state index is 0.0269. The van der Waals surface area contributed by atoms with Gasteiger partial charge in [-0.3, -0.25) is 9.10 Å². The molecule has 0 saturated heterocycles. The van der Waals surface area contributed by atoms with E-state index < -0.39 is 21.7 Å². The summed E-state index contributed by atoms with van der Waals surface area (Å²) in [6.45, 7) is 3.72. The van der Waals surface area contributed by atoms with Gasteiger partial charge in [0, 0.05) is 19.2 Å². The SMILES string of the molecule is CC(C)Oc1ccc(N(C)S(=O)(=O)CCNC(=O)c2cccc(F)c2)cc1. The third kappa shape index (κ3) is 5.96. The lowest BCUT2D eigenvalue weighted by Crippen LogP contribution is -2.35. The number of halogens is 1. The summed E-state index contributed by atoms with van der Waals surface area (Å²) < 4.78 is 44.7. The van der Waals surface area contributed by atoms with E-state index in [0.29, 0.717) is 11.4 Å². The van der Waals surface area contributed by atoms with Crippen LogP contribution in [-0.2, 0) is 10.0 Å². The van der Waals surface area contributed by atoms with E-state index in [1.807, 2.05) is 13.8 Å². The topological polar surface area (TPSA) is 75.7 Å². The molecule has 2 aromatic carbocycles. The molecule has 0 aliphatic heterocycles. The van der Waals surface area contributed by atoms with Crippen LogP contribution in [0.2, 0.25) is 0 Å². The van der Waals surface area contributed by atoms with Crippen molar-refractivity contribution in [2.45, 2.75) is 20.0 Å². The van der Waals surface area contributed by atoms with Gasteiger partial charge >= 0.3 is 0 Å². The Morgan fingerprint density at radius 1 is 1.19 bits per heavy atom. The first-order valence-electron chi connectivity index (χ1n) is 8.46. The van der Waals surface area contributed by atoms with Crippen LogP contribution in [-0.4, -0.2) is 39.8 Å². The Morgan fingerprint density at radius 2 is 1.85 bits per heavy atom. The number of nitrogens with one attached hydrogen (secondary N) is 1. The minimum Gasteiger partial charge on any atom is -0.491 e. The summed E-state index contributed by atoms with van der Waals surface area (Å²) in [7, 11) is -2.19. The van der Waals surface area contributed by atoms with Crippen molar-refractivity contribution in [2.75, 3.05) is 23.7 Å². The van der Waals surface area contributed by atoms with Crippen LogP contribution < -0.4 is 14.4 Å². The van der Waals surface area contributed by atoms with E-state index in [1.165, 1.54) is 25.2 Å². The zero-order valence-electron chi connectivity index (χ0n) is 15.5. The number of carbonyl (C=O) groups excluding carboxylic acids is 1. The first kappa shape index (κ1) is 20.7. The van der Waals surface area contributed by atoms with Gasteiger partial charge in [-0.2, -0.15) is 0 Å². The molecule has 2 aromatic rings. The van der Waals surface area contributed by atoms with Gasteiger partial charge in [0.05, 0.1) is 17.5 Å². The second-order valence-corrected chi connectivity index (χ2v) is 8.33. The first-order chi connectivity index (χ1) is 12.7. The molecule has 0 unspecified atom stereocenters. The van der Waals surface area contributed by atoms with Crippen LogP contribution >= 0.6 is 0 Å². The maximum Gasteiger partial charge on any atom is 0.251 e. The fourth-order valence-corrected chi connectivity index (χ4v) is 3.41. The van der Waals surface area contributed by atoms with Crippen molar-refractivity contribution in [2.24, 2.45) is 0 Å². The van der Waals surface area contributed by atoms with E-state index in [4.69, 9.17) is 4.74 Å². The van der Waals surface area contributed by atoms with E-state index in [9.17, 15) is 17.6 Å². The summed E-state index contributed by atoms with van der Waals surface area (Å²) in [5.41, 5.74) is 0.629. The van der Waals surface area contributed by atoms with Gasteiger partial charge in [-0.1, -0.05) is 6.07 Å². The smallest absolute Gasteiger partial charge is 0.251 e. The highest BCUT2D eigenvalue weighted by molar-refractivity contribution is 7.92. The van der Waals surface area contributed by atoms with Gasteiger partial charge in [-0.05, 0) is 56.3 Å². The largest absolute Gasteiger partial charge is 0.491 e. The highest BCUT2D eigenvalue weighted by atomic mass is 32.2. The van der Waals surface area contributed by atoms with Crippen molar-refractivity contribution in [1.29, 1.82) is 0 Å². The maximum atomic E-state index is 13.1. The minimum atomic E-state index is -3.63. The van der Waals surface area contributed by atoms with Crippen molar-refractivity contribution >= 4 is 21.6 Å². The second kappa shape index (κ2) is 8.85. The molecule has 6 nitrogen and oxygen atoms in total. The Hall–Kier alpha value is -2.61. The number of amides is 1. The summed E-state index contributed by atoms with van der Waals surface area (Å²) in [4.78, 5) is 11.9. The molecule has 0 radical (unpaired) electrons. The molecule has 1 amide bonds. The summed E-state index contributed by atoms with van der Waals surface area (Å²) in [5, 5.41) is 2.49. The molecule has 0 aromatic heterocycles.